The second-order valence-corrected chi connectivity index (χ2v) is 4.50. The van der Waals surface area contributed by atoms with Crippen LogP contribution in [0.3, 0.4) is 0 Å². The second-order valence-electron chi connectivity index (χ2n) is 4.50. The lowest BCUT2D eigenvalue weighted by Crippen LogP contribution is -2.33. The molecule has 1 aromatic carbocycles. The van der Waals surface area contributed by atoms with Crippen LogP contribution < -0.4 is 5.32 Å². The zero-order valence-electron chi connectivity index (χ0n) is 11.9. The van der Waals surface area contributed by atoms with E-state index in [1.165, 1.54) is 0 Å². The zero-order valence-corrected chi connectivity index (χ0v) is 11.9. The molecular formula is C15H24N2O2. The number of hydrogen-bond acceptors (Lipinski definition) is 3. The van der Waals surface area contributed by atoms with Crippen LogP contribution in [0.15, 0.2) is 30.3 Å². The fourth-order valence-corrected chi connectivity index (χ4v) is 1.87. The van der Waals surface area contributed by atoms with Crippen molar-refractivity contribution in [2.75, 3.05) is 33.9 Å². The maximum Gasteiger partial charge on any atom is 0.222 e. The first-order valence-electron chi connectivity index (χ1n) is 6.73. The molecule has 1 rings (SSSR count). The van der Waals surface area contributed by atoms with Crippen molar-refractivity contribution < 1.29 is 9.53 Å². The minimum atomic E-state index is 0.191. The van der Waals surface area contributed by atoms with E-state index in [2.05, 4.69) is 5.32 Å². The normalized spacial score (nSPS) is 10.4. The molecule has 19 heavy (non-hydrogen) atoms. The van der Waals surface area contributed by atoms with Gasteiger partial charge in [0, 0.05) is 26.6 Å². The fraction of sp³-hybridized carbons (Fsp3) is 0.533. The molecule has 106 valence electrons. The van der Waals surface area contributed by atoms with Crippen molar-refractivity contribution in [1.82, 2.24) is 10.2 Å². The molecule has 0 aliphatic heterocycles. The van der Waals surface area contributed by atoms with Crippen molar-refractivity contribution in [1.29, 1.82) is 0 Å². The Morgan fingerprint density at radius 3 is 2.68 bits per heavy atom. The summed E-state index contributed by atoms with van der Waals surface area (Å²) in [5, 5.41) is 3.06. The van der Waals surface area contributed by atoms with Gasteiger partial charge in [-0.15, -0.1) is 0 Å². The number of carbonyl (C=O) groups is 1. The molecule has 0 unspecified atom stereocenters. The van der Waals surface area contributed by atoms with Gasteiger partial charge in [0.2, 0.25) is 5.91 Å². The van der Waals surface area contributed by atoms with Crippen LogP contribution in [0.5, 0.6) is 0 Å². The van der Waals surface area contributed by atoms with E-state index >= 15 is 0 Å². The Morgan fingerprint density at radius 1 is 1.32 bits per heavy atom. The van der Waals surface area contributed by atoms with E-state index in [1.807, 2.05) is 42.3 Å². The Bertz CT molecular complexity index is 354. The summed E-state index contributed by atoms with van der Waals surface area (Å²) < 4.78 is 5.08. The molecule has 1 N–H and O–H groups in total. The van der Waals surface area contributed by atoms with Gasteiger partial charge in [0.25, 0.3) is 0 Å². The fourth-order valence-electron chi connectivity index (χ4n) is 1.87. The predicted molar refractivity (Wildman–Crippen MR) is 76.9 cm³/mol. The molecule has 0 bridgehead atoms. The van der Waals surface area contributed by atoms with E-state index in [1.54, 1.807) is 7.11 Å². The second kappa shape index (κ2) is 9.53. The van der Waals surface area contributed by atoms with Crippen LogP contribution in [-0.4, -0.2) is 44.7 Å². The summed E-state index contributed by atoms with van der Waals surface area (Å²) in [6.45, 7) is 2.74. The minimum absolute atomic E-state index is 0.191. The topological polar surface area (TPSA) is 41.6 Å². The molecule has 4 heteroatoms. The Hall–Kier alpha value is -1.39. The van der Waals surface area contributed by atoms with Crippen molar-refractivity contribution in [2.45, 2.75) is 19.4 Å². The molecule has 0 saturated carbocycles. The van der Waals surface area contributed by atoms with Crippen molar-refractivity contribution in [3.8, 4) is 0 Å². The van der Waals surface area contributed by atoms with Crippen molar-refractivity contribution in [3.63, 3.8) is 0 Å². The average Bonchev–Trinajstić information content (AvgIpc) is 2.44. The predicted octanol–water partition coefficient (Wildman–Crippen LogP) is 1.66. The van der Waals surface area contributed by atoms with Crippen LogP contribution in [0.1, 0.15) is 18.4 Å². The lowest BCUT2D eigenvalue weighted by molar-refractivity contribution is -0.132. The van der Waals surface area contributed by atoms with E-state index in [0.29, 0.717) is 26.1 Å². The number of nitrogens with one attached hydrogen (secondary N) is 1. The Balaban J connectivity index is 2.53. The molecule has 0 aromatic heterocycles. The molecule has 0 fully saturated rings. The van der Waals surface area contributed by atoms with Crippen LogP contribution in [0, 0.1) is 0 Å². The number of carbonyl (C=O) groups excluding carboxylic acids is 1. The van der Waals surface area contributed by atoms with Crippen LogP contribution in [-0.2, 0) is 16.1 Å². The van der Waals surface area contributed by atoms with Gasteiger partial charge in [0.1, 0.15) is 0 Å². The lowest BCUT2D eigenvalue weighted by atomic mass is 10.2. The molecule has 1 amide bonds. The summed E-state index contributed by atoms with van der Waals surface area (Å²) in [6.07, 6.45) is 1.45. The summed E-state index contributed by atoms with van der Waals surface area (Å²) in [7, 11) is 3.56. The largest absolute Gasteiger partial charge is 0.383 e. The van der Waals surface area contributed by atoms with Gasteiger partial charge in [-0.3, -0.25) is 4.79 Å². The van der Waals surface area contributed by atoms with Gasteiger partial charge < -0.3 is 15.0 Å². The third-order valence-corrected chi connectivity index (χ3v) is 2.95. The highest BCUT2D eigenvalue weighted by molar-refractivity contribution is 5.76. The maximum atomic E-state index is 12.2. The van der Waals surface area contributed by atoms with Gasteiger partial charge in [0.15, 0.2) is 0 Å². The van der Waals surface area contributed by atoms with Gasteiger partial charge in [-0.05, 0) is 25.6 Å². The van der Waals surface area contributed by atoms with Crippen LogP contribution in [0.4, 0.5) is 0 Å². The first-order chi connectivity index (χ1) is 9.27. The monoisotopic (exact) mass is 264 g/mol. The summed E-state index contributed by atoms with van der Waals surface area (Å²) in [5.41, 5.74) is 1.15. The smallest absolute Gasteiger partial charge is 0.222 e. The first kappa shape index (κ1) is 15.7. The van der Waals surface area contributed by atoms with Gasteiger partial charge in [-0.2, -0.15) is 0 Å². The molecule has 0 spiro atoms. The van der Waals surface area contributed by atoms with Crippen LogP contribution in [0.25, 0.3) is 0 Å². The summed E-state index contributed by atoms with van der Waals surface area (Å²) >= 11 is 0. The molecule has 0 atom stereocenters. The van der Waals surface area contributed by atoms with E-state index in [0.717, 1.165) is 18.5 Å². The summed E-state index contributed by atoms with van der Waals surface area (Å²) in [4.78, 5) is 14.0. The highest BCUT2D eigenvalue weighted by Gasteiger charge is 2.13. The molecule has 0 heterocycles. The third kappa shape index (κ3) is 6.36. The number of benzene rings is 1. The molecule has 0 aliphatic rings. The van der Waals surface area contributed by atoms with Gasteiger partial charge in [-0.1, -0.05) is 30.3 Å². The SMILES string of the molecule is CNCCCC(=O)N(CCOC)Cc1ccccc1. The summed E-state index contributed by atoms with van der Waals surface area (Å²) in [6, 6.07) is 10.1. The molecule has 0 saturated heterocycles. The Labute approximate surface area is 115 Å². The van der Waals surface area contributed by atoms with E-state index in [-0.39, 0.29) is 5.91 Å². The van der Waals surface area contributed by atoms with Crippen molar-refractivity contribution in [3.05, 3.63) is 35.9 Å². The van der Waals surface area contributed by atoms with Gasteiger partial charge >= 0.3 is 0 Å². The molecule has 0 radical (unpaired) electrons. The van der Waals surface area contributed by atoms with Crippen LogP contribution >= 0.6 is 0 Å². The maximum absolute atomic E-state index is 12.2. The van der Waals surface area contributed by atoms with Gasteiger partial charge in [0.05, 0.1) is 6.61 Å². The first-order valence-corrected chi connectivity index (χ1v) is 6.73. The number of hydrogen-bond donors (Lipinski definition) is 1. The lowest BCUT2D eigenvalue weighted by Gasteiger charge is -2.22. The van der Waals surface area contributed by atoms with Crippen molar-refractivity contribution in [2.24, 2.45) is 0 Å². The number of methoxy groups -OCH3 is 1. The number of nitrogens with zero attached hydrogens (tertiary/aromatic N) is 1. The molecule has 0 aliphatic carbocycles. The van der Waals surface area contributed by atoms with Crippen molar-refractivity contribution >= 4 is 5.91 Å². The number of ether oxygens (including phenoxy) is 1. The average molecular weight is 264 g/mol. The van der Waals surface area contributed by atoms with E-state index < -0.39 is 0 Å². The highest BCUT2D eigenvalue weighted by atomic mass is 16.5. The summed E-state index contributed by atoms with van der Waals surface area (Å²) in [5.74, 6) is 0.191. The minimum Gasteiger partial charge on any atom is -0.383 e. The van der Waals surface area contributed by atoms with Gasteiger partial charge in [-0.25, -0.2) is 0 Å². The quantitative estimate of drug-likeness (QED) is 0.690. The highest BCUT2D eigenvalue weighted by Crippen LogP contribution is 2.07. The Kier molecular flexibility index (Phi) is 7.86. The molecular weight excluding hydrogens is 240 g/mol. The molecule has 1 aromatic rings. The number of rotatable bonds is 9. The van der Waals surface area contributed by atoms with E-state index in [9.17, 15) is 4.79 Å². The van der Waals surface area contributed by atoms with E-state index in [4.69, 9.17) is 4.74 Å². The standard InChI is InChI=1S/C15H24N2O2/c1-16-10-6-9-15(18)17(11-12-19-2)13-14-7-4-3-5-8-14/h3-5,7-8,16H,6,9-13H2,1-2H3. The third-order valence-electron chi connectivity index (χ3n) is 2.95. The Morgan fingerprint density at radius 2 is 2.05 bits per heavy atom. The number of amides is 1. The zero-order chi connectivity index (χ0) is 13.9. The van der Waals surface area contributed by atoms with Crippen LogP contribution in [0.2, 0.25) is 0 Å². The molecule has 4 nitrogen and oxygen atoms in total.